The van der Waals surface area contributed by atoms with Gasteiger partial charge < -0.3 is 14.2 Å². The van der Waals surface area contributed by atoms with Gasteiger partial charge in [-0.2, -0.15) is 0 Å². The summed E-state index contributed by atoms with van der Waals surface area (Å²) >= 11 is 0. The third kappa shape index (κ3) is 3.93. The number of hydrogen-bond acceptors (Lipinski definition) is 4. The molecule has 0 aromatic carbocycles. The molecule has 2 aromatic rings. The van der Waals surface area contributed by atoms with Gasteiger partial charge in [-0.05, 0) is 32.3 Å². The van der Waals surface area contributed by atoms with Crippen LogP contribution < -0.4 is 4.74 Å². The van der Waals surface area contributed by atoms with Gasteiger partial charge in [0.15, 0.2) is 0 Å². The second-order valence-corrected chi connectivity index (χ2v) is 10.1. The first-order valence-electron chi connectivity index (χ1n) is 11.6. The summed E-state index contributed by atoms with van der Waals surface area (Å²) in [5.41, 5.74) is 3.20. The largest absolute Gasteiger partial charge is 0.474 e. The van der Waals surface area contributed by atoms with Crippen molar-refractivity contribution < 1.29 is 9.53 Å². The van der Waals surface area contributed by atoms with Gasteiger partial charge in [0.2, 0.25) is 11.8 Å². The summed E-state index contributed by atoms with van der Waals surface area (Å²) in [4.78, 5) is 23.7. The van der Waals surface area contributed by atoms with Crippen molar-refractivity contribution in [3.05, 3.63) is 17.6 Å². The Labute approximate surface area is 180 Å². The van der Waals surface area contributed by atoms with E-state index in [1.807, 2.05) is 25.7 Å². The molecule has 2 aliphatic rings. The number of hydrogen-bond donors (Lipinski definition) is 0. The second-order valence-electron chi connectivity index (χ2n) is 10.1. The zero-order valence-electron chi connectivity index (χ0n) is 19.2. The zero-order valence-corrected chi connectivity index (χ0v) is 19.2. The van der Waals surface area contributed by atoms with Gasteiger partial charge in [0.05, 0.1) is 5.39 Å². The van der Waals surface area contributed by atoms with Gasteiger partial charge in [-0.15, -0.1) is 0 Å². The number of ether oxygens (including phenoxy) is 1. The molecule has 30 heavy (non-hydrogen) atoms. The average Bonchev–Trinajstić information content (AvgIpc) is 2.99. The van der Waals surface area contributed by atoms with Gasteiger partial charge in [0.25, 0.3) is 0 Å². The van der Waals surface area contributed by atoms with Gasteiger partial charge in [0.1, 0.15) is 18.1 Å². The Morgan fingerprint density at radius 1 is 1.03 bits per heavy atom. The standard InChI is InChI=1S/C24H36N4O2/c1-16-17(2)28(18-9-7-6-8-10-18)21-20(16)22(26-15-25-21)30-19-11-13-27(14-12-19)23(29)24(3,4)5/h15,18-19H,6-14H2,1-5H3. The molecule has 0 N–H and O–H groups in total. The van der Waals surface area contributed by atoms with Crippen molar-refractivity contribution in [2.24, 2.45) is 5.41 Å². The van der Waals surface area contributed by atoms with Crippen LogP contribution in [0.4, 0.5) is 0 Å². The van der Waals surface area contributed by atoms with Crippen LogP contribution in [0.25, 0.3) is 11.0 Å². The predicted molar refractivity (Wildman–Crippen MR) is 119 cm³/mol. The van der Waals surface area contributed by atoms with E-state index < -0.39 is 0 Å². The minimum atomic E-state index is -0.330. The number of carbonyl (C=O) groups is 1. The predicted octanol–water partition coefficient (Wildman–Crippen LogP) is 4.97. The van der Waals surface area contributed by atoms with Crippen LogP contribution in [0.3, 0.4) is 0 Å². The van der Waals surface area contributed by atoms with Crippen molar-refractivity contribution in [1.29, 1.82) is 0 Å². The lowest BCUT2D eigenvalue weighted by atomic mass is 9.93. The van der Waals surface area contributed by atoms with E-state index in [-0.39, 0.29) is 17.4 Å². The van der Waals surface area contributed by atoms with Crippen LogP contribution in [0.5, 0.6) is 5.88 Å². The number of carbonyl (C=O) groups excluding carboxylic acids is 1. The lowest BCUT2D eigenvalue weighted by Crippen LogP contribution is -2.46. The molecule has 0 unspecified atom stereocenters. The maximum absolute atomic E-state index is 12.6. The Bertz CT molecular complexity index is 913. The highest BCUT2D eigenvalue weighted by molar-refractivity contribution is 5.86. The summed E-state index contributed by atoms with van der Waals surface area (Å²) < 4.78 is 8.85. The van der Waals surface area contributed by atoms with Crippen molar-refractivity contribution in [2.45, 2.75) is 91.7 Å². The fraction of sp³-hybridized carbons (Fsp3) is 0.708. The first-order chi connectivity index (χ1) is 14.3. The van der Waals surface area contributed by atoms with E-state index in [1.165, 1.54) is 43.4 Å². The monoisotopic (exact) mass is 412 g/mol. The molecule has 0 radical (unpaired) electrons. The molecular formula is C24H36N4O2. The van der Waals surface area contributed by atoms with Crippen molar-refractivity contribution in [3.8, 4) is 5.88 Å². The maximum Gasteiger partial charge on any atom is 0.227 e. The van der Waals surface area contributed by atoms with E-state index >= 15 is 0 Å². The van der Waals surface area contributed by atoms with Crippen molar-refractivity contribution in [2.75, 3.05) is 13.1 Å². The van der Waals surface area contributed by atoms with Crippen LogP contribution in [0, 0.1) is 19.3 Å². The minimum absolute atomic E-state index is 0.0878. The average molecular weight is 413 g/mol. The van der Waals surface area contributed by atoms with Crippen molar-refractivity contribution >= 4 is 16.9 Å². The molecule has 1 saturated heterocycles. The summed E-state index contributed by atoms with van der Waals surface area (Å²) in [6, 6.07) is 0.532. The number of amides is 1. The highest BCUT2D eigenvalue weighted by atomic mass is 16.5. The lowest BCUT2D eigenvalue weighted by molar-refractivity contribution is -0.141. The Hall–Kier alpha value is -2.11. The number of aromatic nitrogens is 3. The molecule has 1 amide bonds. The summed E-state index contributed by atoms with van der Waals surface area (Å²) in [5, 5.41) is 1.06. The molecule has 1 aliphatic carbocycles. The highest BCUT2D eigenvalue weighted by Crippen LogP contribution is 2.38. The Kier molecular flexibility index (Phi) is 5.78. The molecule has 4 rings (SSSR count). The number of aryl methyl sites for hydroxylation is 1. The van der Waals surface area contributed by atoms with Crippen molar-refractivity contribution in [1.82, 2.24) is 19.4 Å². The second kappa shape index (κ2) is 8.20. The van der Waals surface area contributed by atoms with E-state index in [0.29, 0.717) is 11.9 Å². The van der Waals surface area contributed by atoms with Crippen LogP contribution in [-0.2, 0) is 4.79 Å². The molecule has 1 aliphatic heterocycles. The maximum atomic E-state index is 12.6. The molecule has 0 bridgehead atoms. The van der Waals surface area contributed by atoms with Crippen LogP contribution >= 0.6 is 0 Å². The quantitative estimate of drug-likeness (QED) is 0.714. The third-order valence-electron chi connectivity index (χ3n) is 6.89. The topological polar surface area (TPSA) is 60.2 Å². The van der Waals surface area contributed by atoms with E-state index in [2.05, 4.69) is 28.4 Å². The normalized spacial score (nSPS) is 19.4. The fourth-order valence-corrected chi connectivity index (χ4v) is 5.08. The smallest absolute Gasteiger partial charge is 0.227 e. The molecule has 0 spiro atoms. The summed E-state index contributed by atoms with van der Waals surface area (Å²) in [6.45, 7) is 11.8. The molecule has 2 fully saturated rings. The first-order valence-corrected chi connectivity index (χ1v) is 11.6. The van der Waals surface area contributed by atoms with Gasteiger partial charge in [0, 0.05) is 43.1 Å². The van der Waals surface area contributed by atoms with E-state index in [0.717, 1.165) is 37.0 Å². The lowest BCUT2D eigenvalue weighted by Gasteiger charge is -2.35. The molecule has 164 valence electrons. The highest BCUT2D eigenvalue weighted by Gasteiger charge is 2.32. The van der Waals surface area contributed by atoms with Gasteiger partial charge in [-0.3, -0.25) is 4.79 Å². The first kappa shape index (κ1) is 21.1. The van der Waals surface area contributed by atoms with Crippen LogP contribution in [0.1, 0.15) is 83.0 Å². The molecule has 3 heterocycles. The minimum Gasteiger partial charge on any atom is -0.474 e. The molecule has 6 nitrogen and oxygen atoms in total. The molecule has 6 heteroatoms. The summed E-state index contributed by atoms with van der Waals surface area (Å²) in [5.74, 6) is 0.928. The number of likely N-dealkylation sites (tertiary alicyclic amines) is 1. The number of nitrogens with zero attached hydrogens (tertiary/aromatic N) is 4. The van der Waals surface area contributed by atoms with Gasteiger partial charge in [-0.25, -0.2) is 9.97 Å². The van der Waals surface area contributed by atoms with E-state index in [1.54, 1.807) is 6.33 Å². The molecule has 1 saturated carbocycles. The number of fused-ring (bicyclic) bond motifs is 1. The van der Waals surface area contributed by atoms with Gasteiger partial charge in [-0.1, -0.05) is 40.0 Å². The number of rotatable bonds is 3. The summed E-state index contributed by atoms with van der Waals surface area (Å²) in [6.07, 6.45) is 9.80. The van der Waals surface area contributed by atoms with E-state index in [9.17, 15) is 4.79 Å². The Morgan fingerprint density at radius 2 is 1.70 bits per heavy atom. The van der Waals surface area contributed by atoms with Crippen molar-refractivity contribution in [3.63, 3.8) is 0 Å². The molecule has 2 aromatic heterocycles. The fourth-order valence-electron chi connectivity index (χ4n) is 5.08. The zero-order chi connectivity index (χ0) is 21.5. The molecular weight excluding hydrogens is 376 g/mol. The SMILES string of the molecule is Cc1c(C)n(C2CCCCC2)c2ncnc(OC3CCN(C(=O)C(C)(C)C)CC3)c12. The van der Waals surface area contributed by atoms with E-state index in [4.69, 9.17) is 4.74 Å². The van der Waals surface area contributed by atoms with Crippen LogP contribution in [0.2, 0.25) is 0 Å². The third-order valence-corrected chi connectivity index (χ3v) is 6.89. The molecule has 0 atom stereocenters. The van der Waals surface area contributed by atoms with Crippen LogP contribution in [-0.4, -0.2) is 44.5 Å². The number of piperidine rings is 1. The Balaban J connectivity index is 1.54. The summed E-state index contributed by atoms with van der Waals surface area (Å²) in [7, 11) is 0. The Morgan fingerprint density at radius 3 is 2.33 bits per heavy atom. The van der Waals surface area contributed by atoms with Gasteiger partial charge >= 0.3 is 0 Å². The van der Waals surface area contributed by atoms with Crippen LogP contribution in [0.15, 0.2) is 6.33 Å².